The van der Waals surface area contributed by atoms with Gasteiger partial charge in [-0.1, -0.05) is 0 Å². The fraction of sp³-hybridized carbons (Fsp3) is 0.909. The van der Waals surface area contributed by atoms with Crippen LogP contribution in [0.3, 0.4) is 0 Å². The van der Waals surface area contributed by atoms with E-state index in [1.165, 1.54) is 4.90 Å². The third kappa shape index (κ3) is 4.41. The third-order valence-electron chi connectivity index (χ3n) is 2.65. The van der Waals surface area contributed by atoms with E-state index in [1.807, 2.05) is 0 Å². The summed E-state index contributed by atoms with van der Waals surface area (Å²) in [5.74, 6) is -0.862. The van der Waals surface area contributed by atoms with Crippen molar-refractivity contribution in [3.05, 3.63) is 4.91 Å². The molecular weight excluding hydrogens is 272 g/mol. The highest BCUT2D eigenvalue weighted by Crippen LogP contribution is 2.32. The molecule has 1 N–H and O–H groups in total. The molecule has 2 atom stereocenters. The molecule has 1 amide bonds. The standard InChI is InChI=1S/C11H20N2O5S/c1-10(2,19-12-16)6-13(7-15)9-8(5-14)17-11(3,4)18-9/h7-9,14H,5-6H2,1-4H3/t8-,9-/m1/s1. The second-order valence-corrected chi connectivity index (χ2v) is 6.89. The maximum absolute atomic E-state index is 11.2. The van der Waals surface area contributed by atoms with Gasteiger partial charge in [0.25, 0.3) is 0 Å². The van der Waals surface area contributed by atoms with Gasteiger partial charge in [-0.2, -0.15) is 0 Å². The minimum atomic E-state index is -0.862. The maximum Gasteiger partial charge on any atom is 0.211 e. The summed E-state index contributed by atoms with van der Waals surface area (Å²) < 4.78 is 13.4. The molecule has 0 aromatic carbocycles. The molecule has 0 spiro atoms. The number of rotatable bonds is 7. The molecular formula is C11H20N2O5S. The topological polar surface area (TPSA) is 88.4 Å². The number of ether oxygens (including phenoxy) is 2. The molecule has 0 aromatic heterocycles. The number of nitrogens with zero attached hydrogens (tertiary/aromatic N) is 2. The number of amides is 1. The summed E-state index contributed by atoms with van der Waals surface area (Å²) in [4.78, 5) is 23.0. The van der Waals surface area contributed by atoms with Gasteiger partial charge < -0.3 is 19.5 Å². The maximum atomic E-state index is 11.2. The summed E-state index contributed by atoms with van der Waals surface area (Å²) in [6.07, 6.45) is -0.653. The van der Waals surface area contributed by atoms with Gasteiger partial charge in [0.1, 0.15) is 6.10 Å². The molecule has 1 aliphatic heterocycles. The molecule has 0 aliphatic carbocycles. The largest absolute Gasteiger partial charge is 0.393 e. The van der Waals surface area contributed by atoms with Crippen LogP contribution >= 0.6 is 11.9 Å². The zero-order valence-electron chi connectivity index (χ0n) is 11.5. The van der Waals surface area contributed by atoms with E-state index in [-0.39, 0.29) is 13.2 Å². The first-order valence-corrected chi connectivity index (χ1v) is 6.70. The SMILES string of the molecule is CC1(C)O[C@@H](N(C=O)CC(C)(C)SN=O)[C@@H](CO)O1. The first-order chi connectivity index (χ1) is 8.74. The number of aliphatic hydroxyl groups is 1. The highest BCUT2D eigenvalue weighted by Gasteiger charge is 2.44. The van der Waals surface area contributed by atoms with Gasteiger partial charge in [0.15, 0.2) is 12.0 Å². The van der Waals surface area contributed by atoms with Crippen LogP contribution in [0.5, 0.6) is 0 Å². The van der Waals surface area contributed by atoms with E-state index in [0.717, 1.165) is 11.9 Å². The normalized spacial score (nSPS) is 26.2. The van der Waals surface area contributed by atoms with E-state index >= 15 is 0 Å². The van der Waals surface area contributed by atoms with Gasteiger partial charge in [-0.25, -0.2) is 0 Å². The van der Waals surface area contributed by atoms with Crippen LogP contribution in [0, 0.1) is 4.91 Å². The first-order valence-electron chi connectivity index (χ1n) is 5.93. The van der Waals surface area contributed by atoms with Crippen molar-refractivity contribution in [2.45, 2.75) is 50.6 Å². The second kappa shape index (κ2) is 6.17. The van der Waals surface area contributed by atoms with Crippen LogP contribution in [0.25, 0.3) is 0 Å². The highest BCUT2D eigenvalue weighted by molar-refractivity contribution is 7.99. The monoisotopic (exact) mass is 292 g/mol. The van der Waals surface area contributed by atoms with Crippen molar-refractivity contribution < 1.29 is 19.4 Å². The number of carbonyl (C=O) groups is 1. The Morgan fingerprint density at radius 1 is 1.47 bits per heavy atom. The molecule has 0 aromatic rings. The molecule has 1 saturated heterocycles. The van der Waals surface area contributed by atoms with E-state index < -0.39 is 22.9 Å². The Morgan fingerprint density at radius 3 is 2.58 bits per heavy atom. The fourth-order valence-electron chi connectivity index (χ4n) is 1.98. The van der Waals surface area contributed by atoms with Crippen LogP contribution < -0.4 is 0 Å². The Balaban J connectivity index is 2.79. The second-order valence-electron chi connectivity index (χ2n) is 5.45. The summed E-state index contributed by atoms with van der Waals surface area (Å²) in [6, 6.07) is 0. The number of nitroso groups, excluding NO2 is 1. The number of aliphatic hydroxyl groups excluding tert-OH is 1. The average Bonchev–Trinajstić information content (AvgIpc) is 2.61. The Labute approximate surface area is 116 Å². The summed E-state index contributed by atoms with van der Waals surface area (Å²) >= 11 is 0.855. The van der Waals surface area contributed by atoms with Crippen molar-refractivity contribution in [3.63, 3.8) is 0 Å². The van der Waals surface area contributed by atoms with E-state index in [2.05, 4.69) is 4.58 Å². The van der Waals surface area contributed by atoms with Crippen molar-refractivity contribution >= 4 is 18.4 Å². The van der Waals surface area contributed by atoms with E-state index in [9.17, 15) is 14.8 Å². The van der Waals surface area contributed by atoms with Crippen LogP contribution in [0.15, 0.2) is 4.58 Å². The predicted molar refractivity (Wildman–Crippen MR) is 71.1 cm³/mol. The molecule has 0 saturated carbocycles. The van der Waals surface area contributed by atoms with Crippen molar-refractivity contribution in [1.82, 2.24) is 4.90 Å². The van der Waals surface area contributed by atoms with E-state index in [0.29, 0.717) is 6.41 Å². The van der Waals surface area contributed by atoms with Crippen LogP contribution in [-0.4, -0.2) is 52.4 Å². The summed E-state index contributed by atoms with van der Waals surface area (Å²) in [5, 5.41) is 9.29. The van der Waals surface area contributed by atoms with Crippen LogP contribution in [-0.2, 0) is 14.3 Å². The smallest absolute Gasteiger partial charge is 0.211 e. The number of hydrogen-bond acceptors (Lipinski definition) is 7. The van der Waals surface area contributed by atoms with E-state index in [1.54, 1.807) is 27.7 Å². The average molecular weight is 292 g/mol. The van der Waals surface area contributed by atoms with Crippen LogP contribution in [0.1, 0.15) is 27.7 Å². The van der Waals surface area contributed by atoms with Gasteiger partial charge in [-0.3, -0.25) is 4.79 Å². The lowest BCUT2D eigenvalue weighted by atomic mass is 10.2. The first kappa shape index (κ1) is 16.4. The predicted octanol–water partition coefficient (Wildman–Crippen LogP) is 1.11. The summed E-state index contributed by atoms with van der Waals surface area (Å²) in [7, 11) is 0. The highest BCUT2D eigenvalue weighted by atomic mass is 32.2. The molecule has 8 heteroatoms. The fourth-order valence-corrected chi connectivity index (χ4v) is 2.39. The number of carbonyl (C=O) groups excluding carboxylic acids is 1. The van der Waals surface area contributed by atoms with Gasteiger partial charge in [0.05, 0.1) is 11.4 Å². The summed E-state index contributed by atoms with van der Waals surface area (Å²) in [5.41, 5.74) is 0. The summed E-state index contributed by atoms with van der Waals surface area (Å²) in [6.45, 7) is 7.03. The van der Waals surface area contributed by atoms with Crippen molar-refractivity contribution in [3.8, 4) is 0 Å². The molecule has 1 rings (SSSR count). The zero-order valence-corrected chi connectivity index (χ0v) is 12.3. The molecule has 7 nitrogen and oxygen atoms in total. The van der Waals surface area contributed by atoms with Crippen LogP contribution in [0.2, 0.25) is 0 Å². The van der Waals surface area contributed by atoms with Gasteiger partial charge in [0.2, 0.25) is 6.41 Å². The zero-order chi connectivity index (χ0) is 14.7. The molecule has 1 heterocycles. The van der Waals surface area contributed by atoms with Crippen LogP contribution in [0.4, 0.5) is 0 Å². The van der Waals surface area contributed by atoms with Crippen molar-refractivity contribution in [2.75, 3.05) is 13.2 Å². The molecule has 0 radical (unpaired) electrons. The van der Waals surface area contributed by atoms with Crippen molar-refractivity contribution in [1.29, 1.82) is 0 Å². The Morgan fingerprint density at radius 2 is 2.11 bits per heavy atom. The Hall–Kier alpha value is -0.700. The molecule has 19 heavy (non-hydrogen) atoms. The number of hydrogen-bond donors (Lipinski definition) is 1. The van der Waals surface area contributed by atoms with Gasteiger partial charge in [-0.15, -0.1) is 4.91 Å². The quantitative estimate of drug-likeness (QED) is 0.429. The molecule has 1 fully saturated rings. The molecule has 0 unspecified atom stereocenters. The molecule has 0 bridgehead atoms. The van der Waals surface area contributed by atoms with Gasteiger partial charge in [0, 0.05) is 23.1 Å². The molecule has 110 valence electrons. The Kier molecular flexibility index (Phi) is 5.31. The van der Waals surface area contributed by atoms with Gasteiger partial charge in [-0.05, 0) is 27.7 Å². The third-order valence-corrected chi connectivity index (χ3v) is 3.35. The lowest BCUT2D eigenvalue weighted by Crippen LogP contribution is -2.47. The lowest BCUT2D eigenvalue weighted by Gasteiger charge is -2.32. The minimum Gasteiger partial charge on any atom is -0.393 e. The Bertz CT molecular complexity index is 337. The molecule has 1 aliphatic rings. The van der Waals surface area contributed by atoms with Gasteiger partial charge >= 0.3 is 0 Å². The van der Waals surface area contributed by atoms with Crippen molar-refractivity contribution in [2.24, 2.45) is 4.58 Å². The van der Waals surface area contributed by atoms with E-state index in [4.69, 9.17) is 9.47 Å². The lowest BCUT2D eigenvalue weighted by molar-refractivity contribution is -0.165. The minimum absolute atomic E-state index is 0.252.